The third-order valence-corrected chi connectivity index (χ3v) is 8.17. The van der Waals surface area contributed by atoms with Gasteiger partial charge in [0.2, 0.25) is 15.2 Å². The second kappa shape index (κ2) is 9.24. The van der Waals surface area contributed by atoms with Crippen molar-refractivity contribution < 1.29 is 8.42 Å². The van der Waals surface area contributed by atoms with Gasteiger partial charge in [0.05, 0.1) is 27.4 Å². The lowest BCUT2D eigenvalue weighted by molar-refractivity contribution is 0.521. The number of benzene rings is 2. The van der Waals surface area contributed by atoms with Crippen molar-refractivity contribution in [2.24, 2.45) is 0 Å². The average Bonchev–Trinajstić information content (AvgIpc) is 3.36. The average molecular weight is 486 g/mol. The van der Waals surface area contributed by atoms with E-state index in [-0.39, 0.29) is 4.90 Å². The van der Waals surface area contributed by atoms with Gasteiger partial charge in [-0.3, -0.25) is 0 Å². The van der Waals surface area contributed by atoms with Gasteiger partial charge in [-0.1, -0.05) is 36.9 Å². The van der Waals surface area contributed by atoms with Crippen LogP contribution in [0.5, 0.6) is 0 Å². The Morgan fingerprint density at radius 2 is 1.82 bits per heavy atom. The van der Waals surface area contributed by atoms with Crippen molar-refractivity contribution >= 4 is 32.8 Å². The maximum absolute atomic E-state index is 12.6. The second-order valence-electron chi connectivity index (χ2n) is 8.02. The van der Waals surface area contributed by atoms with Gasteiger partial charge in [-0.25, -0.2) is 17.7 Å². The molecule has 0 N–H and O–H groups in total. The highest BCUT2D eigenvalue weighted by Gasteiger charge is 2.20. The molecular weight excluding hydrogens is 458 g/mol. The largest absolute Gasteiger partial charge is 0.327 e. The molecule has 2 aromatic heterocycles. The molecule has 0 saturated heterocycles. The Morgan fingerprint density at radius 1 is 1.09 bits per heavy atom. The number of aryl methyl sites for hydroxylation is 3. The van der Waals surface area contributed by atoms with Crippen molar-refractivity contribution in [2.75, 3.05) is 14.1 Å². The number of para-hydroxylation sites is 1. The molecule has 33 heavy (non-hydrogen) atoms. The fraction of sp³-hybridized carbons (Fsp3) is 0.364. The molecule has 0 unspecified atom stereocenters. The van der Waals surface area contributed by atoms with Crippen molar-refractivity contribution in [1.29, 1.82) is 0 Å². The van der Waals surface area contributed by atoms with Gasteiger partial charge in [-0.15, -0.1) is 5.10 Å². The summed E-state index contributed by atoms with van der Waals surface area (Å²) in [5.74, 6) is 1.41. The van der Waals surface area contributed by atoms with Gasteiger partial charge in [0, 0.05) is 20.6 Å². The Bertz CT molecular complexity index is 1390. The van der Waals surface area contributed by atoms with E-state index in [4.69, 9.17) is 4.98 Å². The Hall–Kier alpha value is -2.76. The SMILES string of the molecule is CCCn1c(CSc2nnnn2-c2c(C)cccc2C)nc2cc(S(=O)(=O)N(C)C)ccc21. The third-order valence-electron chi connectivity index (χ3n) is 5.45. The van der Waals surface area contributed by atoms with Crippen molar-refractivity contribution in [3.63, 3.8) is 0 Å². The van der Waals surface area contributed by atoms with Crippen molar-refractivity contribution in [3.8, 4) is 5.69 Å². The summed E-state index contributed by atoms with van der Waals surface area (Å²) >= 11 is 1.51. The molecule has 2 heterocycles. The lowest BCUT2D eigenvalue weighted by Gasteiger charge is -2.12. The molecular formula is C22H27N7O2S2. The van der Waals surface area contributed by atoms with Crippen molar-refractivity contribution in [3.05, 3.63) is 53.3 Å². The van der Waals surface area contributed by atoms with Crippen LogP contribution in [0.25, 0.3) is 16.7 Å². The highest BCUT2D eigenvalue weighted by atomic mass is 32.2. The number of imidazole rings is 1. The monoisotopic (exact) mass is 485 g/mol. The number of aromatic nitrogens is 6. The van der Waals surface area contributed by atoms with Gasteiger partial charge in [0.25, 0.3) is 0 Å². The summed E-state index contributed by atoms with van der Waals surface area (Å²) < 4.78 is 30.2. The number of hydrogen-bond acceptors (Lipinski definition) is 7. The molecule has 0 aliphatic carbocycles. The second-order valence-corrected chi connectivity index (χ2v) is 11.1. The summed E-state index contributed by atoms with van der Waals surface area (Å²) in [6.45, 7) is 6.97. The van der Waals surface area contributed by atoms with Crippen LogP contribution in [0.2, 0.25) is 0 Å². The number of sulfonamides is 1. The first-order chi connectivity index (χ1) is 15.7. The van der Waals surface area contributed by atoms with Gasteiger partial charge in [-0.05, 0) is 60.0 Å². The van der Waals surface area contributed by atoms with Crippen LogP contribution in [0.15, 0.2) is 46.5 Å². The van der Waals surface area contributed by atoms with Crippen molar-refractivity contribution in [1.82, 2.24) is 34.1 Å². The molecule has 11 heteroatoms. The molecule has 4 aromatic rings. The minimum absolute atomic E-state index is 0.235. The van der Waals surface area contributed by atoms with E-state index in [1.54, 1.807) is 16.8 Å². The molecule has 174 valence electrons. The molecule has 0 fully saturated rings. The van der Waals surface area contributed by atoms with E-state index in [9.17, 15) is 8.42 Å². The molecule has 0 saturated carbocycles. The Balaban J connectivity index is 1.69. The minimum atomic E-state index is -3.53. The fourth-order valence-electron chi connectivity index (χ4n) is 3.79. The molecule has 0 atom stereocenters. The van der Waals surface area contributed by atoms with Crippen LogP contribution < -0.4 is 0 Å². The Kier molecular flexibility index (Phi) is 6.55. The van der Waals surface area contributed by atoms with Gasteiger partial charge in [0.15, 0.2) is 0 Å². The van der Waals surface area contributed by atoms with E-state index >= 15 is 0 Å². The molecule has 2 aromatic carbocycles. The molecule has 9 nitrogen and oxygen atoms in total. The lowest BCUT2D eigenvalue weighted by atomic mass is 10.1. The van der Waals surface area contributed by atoms with Crippen LogP contribution in [0, 0.1) is 13.8 Å². The minimum Gasteiger partial charge on any atom is -0.327 e. The number of hydrogen-bond donors (Lipinski definition) is 0. The van der Waals surface area contributed by atoms with E-state index in [0.29, 0.717) is 16.4 Å². The quantitative estimate of drug-likeness (QED) is 0.352. The number of rotatable bonds is 8. The first-order valence-corrected chi connectivity index (χ1v) is 13.1. The van der Waals surface area contributed by atoms with Crippen LogP contribution in [-0.4, -0.2) is 56.6 Å². The number of tetrazole rings is 1. The molecule has 0 aliphatic rings. The number of fused-ring (bicyclic) bond motifs is 1. The molecule has 0 spiro atoms. The molecule has 0 amide bonds. The summed E-state index contributed by atoms with van der Waals surface area (Å²) in [6, 6.07) is 11.2. The summed E-state index contributed by atoms with van der Waals surface area (Å²) in [4.78, 5) is 5.02. The zero-order valence-corrected chi connectivity index (χ0v) is 21.0. The van der Waals surface area contributed by atoms with Crippen LogP contribution in [0.1, 0.15) is 30.3 Å². The maximum atomic E-state index is 12.6. The summed E-state index contributed by atoms with van der Waals surface area (Å²) in [5.41, 5.74) is 4.75. The van der Waals surface area contributed by atoms with Gasteiger partial charge >= 0.3 is 0 Å². The van der Waals surface area contributed by atoms with Crippen LogP contribution in [-0.2, 0) is 22.3 Å². The highest BCUT2D eigenvalue weighted by Crippen LogP contribution is 2.28. The van der Waals surface area contributed by atoms with Gasteiger partial charge in [-0.2, -0.15) is 4.68 Å². The summed E-state index contributed by atoms with van der Waals surface area (Å²) in [5, 5.41) is 13.0. The lowest BCUT2D eigenvalue weighted by Crippen LogP contribution is -2.22. The first-order valence-electron chi connectivity index (χ1n) is 10.6. The smallest absolute Gasteiger partial charge is 0.242 e. The van der Waals surface area contributed by atoms with Crippen LogP contribution in [0.3, 0.4) is 0 Å². The molecule has 4 rings (SSSR count). The predicted octanol–water partition coefficient (Wildman–Crippen LogP) is 3.58. The van der Waals surface area contributed by atoms with E-state index in [1.165, 1.54) is 30.2 Å². The zero-order valence-electron chi connectivity index (χ0n) is 19.3. The fourth-order valence-corrected chi connectivity index (χ4v) is 5.54. The molecule has 0 aliphatic heterocycles. The zero-order chi connectivity index (χ0) is 23.8. The Morgan fingerprint density at radius 3 is 2.48 bits per heavy atom. The highest BCUT2D eigenvalue weighted by molar-refractivity contribution is 7.98. The predicted molar refractivity (Wildman–Crippen MR) is 129 cm³/mol. The first kappa shape index (κ1) is 23.4. The standard InChI is InChI=1S/C22H27N7O2S2/c1-6-12-28-19-11-10-17(33(30,31)27(4)5)13-18(19)23-20(28)14-32-22-24-25-26-29(22)21-15(2)8-7-9-16(21)3/h7-11,13H,6,12,14H2,1-5H3. The Labute approximate surface area is 197 Å². The summed E-state index contributed by atoms with van der Waals surface area (Å²) in [7, 11) is -0.477. The van der Waals surface area contributed by atoms with E-state index in [2.05, 4.69) is 27.0 Å². The molecule has 0 radical (unpaired) electrons. The summed E-state index contributed by atoms with van der Waals surface area (Å²) in [6.07, 6.45) is 0.932. The maximum Gasteiger partial charge on any atom is 0.242 e. The topological polar surface area (TPSA) is 98.8 Å². The van der Waals surface area contributed by atoms with Crippen molar-refractivity contribution in [2.45, 2.75) is 49.5 Å². The van der Waals surface area contributed by atoms with E-state index in [0.717, 1.165) is 41.1 Å². The van der Waals surface area contributed by atoms with E-state index in [1.807, 2.05) is 38.1 Å². The van der Waals surface area contributed by atoms with Crippen LogP contribution in [0.4, 0.5) is 0 Å². The van der Waals surface area contributed by atoms with E-state index < -0.39 is 10.0 Å². The van der Waals surface area contributed by atoms with Gasteiger partial charge in [0.1, 0.15) is 5.82 Å². The number of nitrogens with zero attached hydrogens (tertiary/aromatic N) is 7. The molecule has 0 bridgehead atoms. The van der Waals surface area contributed by atoms with Crippen LogP contribution >= 0.6 is 11.8 Å². The third kappa shape index (κ3) is 4.40. The normalized spacial score (nSPS) is 12.2. The van der Waals surface area contributed by atoms with Gasteiger partial charge < -0.3 is 4.57 Å². The number of thioether (sulfide) groups is 1.